The number of benzene rings is 3. The van der Waals surface area contributed by atoms with Crippen molar-refractivity contribution >= 4 is 33.3 Å². The summed E-state index contributed by atoms with van der Waals surface area (Å²) in [5.41, 5.74) is 5.84. The average Bonchev–Trinajstić information content (AvgIpc) is 2.89. The summed E-state index contributed by atoms with van der Waals surface area (Å²) in [6, 6.07) is 21.6. The zero-order valence-electron chi connectivity index (χ0n) is 16.9. The highest BCUT2D eigenvalue weighted by Crippen LogP contribution is 2.42. The number of allylic oxidation sites excluding steroid dienone is 1. The third kappa shape index (κ3) is 4.57. The van der Waals surface area contributed by atoms with Crippen LogP contribution in [0, 0.1) is 6.92 Å². The summed E-state index contributed by atoms with van der Waals surface area (Å²) in [7, 11) is 0. The monoisotopic (exact) mass is 462 g/mol. The van der Waals surface area contributed by atoms with Crippen molar-refractivity contribution in [2.45, 2.75) is 19.8 Å². The van der Waals surface area contributed by atoms with Crippen LogP contribution < -0.4 is 15.4 Å². The van der Waals surface area contributed by atoms with Crippen LogP contribution in [0.25, 0.3) is 0 Å². The minimum atomic E-state index is -0.312. The summed E-state index contributed by atoms with van der Waals surface area (Å²) in [5, 5.41) is 5.84. The first kappa shape index (κ1) is 20.2. The van der Waals surface area contributed by atoms with E-state index in [-0.39, 0.29) is 11.9 Å². The zero-order valence-corrected chi connectivity index (χ0v) is 18.5. The summed E-state index contributed by atoms with van der Waals surface area (Å²) >= 11 is 3.60. The molecule has 0 aliphatic carbocycles. The van der Waals surface area contributed by atoms with Crippen molar-refractivity contribution < 1.29 is 9.53 Å². The maximum absolute atomic E-state index is 12.7. The van der Waals surface area contributed by atoms with Gasteiger partial charge in [0.2, 0.25) is 0 Å². The first-order chi connectivity index (χ1) is 14.5. The van der Waals surface area contributed by atoms with E-state index in [1.54, 1.807) is 0 Å². The predicted octanol–water partition coefficient (Wildman–Crippen LogP) is 6.87. The molecule has 4 rings (SSSR count). The van der Waals surface area contributed by atoms with Gasteiger partial charge in [0, 0.05) is 21.6 Å². The molecule has 2 amide bonds. The Morgan fingerprint density at radius 3 is 2.47 bits per heavy atom. The number of carbonyl (C=O) groups is 1. The first-order valence-electron chi connectivity index (χ1n) is 9.83. The Morgan fingerprint density at radius 2 is 1.73 bits per heavy atom. The number of amides is 2. The van der Waals surface area contributed by atoms with Crippen LogP contribution in [0.3, 0.4) is 0 Å². The van der Waals surface area contributed by atoms with Gasteiger partial charge in [-0.2, -0.15) is 0 Å². The normalized spacial score (nSPS) is 15.3. The van der Waals surface area contributed by atoms with E-state index in [1.807, 2.05) is 55.5 Å². The second kappa shape index (κ2) is 8.76. The number of aryl methyl sites for hydroxylation is 1. The topological polar surface area (TPSA) is 50.4 Å². The van der Waals surface area contributed by atoms with Gasteiger partial charge in [-0.15, -0.1) is 0 Å². The van der Waals surface area contributed by atoms with Gasteiger partial charge in [-0.25, -0.2) is 4.79 Å². The second-order valence-electron chi connectivity index (χ2n) is 7.51. The summed E-state index contributed by atoms with van der Waals surface area (Å²) in [5.74, 6) is 0.737. The number of hydrogen-bond acceptors (Lipinski definition) is 2. The van der Waals surface area contributed by atoms with Crippen LogP contribution in [-0.4, -0.2) is 12.6 Å². The molecule has 0 bridgehead atoms. The summed E-state index contributed by atoms with van der Waals surface area (Å²) in [4.78, 5) is 12.7. The largest absolute Gasteiger partial charge is 0.487 e. The molecule has 0 saturated heterocycles. The van der Waals surface area contributed by atoms with E-state index < -0.39 is 0 Å². The van der Waals surface area contributed by atoms with Gasteiger partial charge >= 0.3 is 6.03 Å². The zero-order chi connectivity index (χ0) is 21.1. The molecule has 30 heavy (non-hydrogen) atoms. The number of nitrogens with one attached hydrogen (secondary N) is 2. The van der Waals surface area contributed by atoms with Crippen LogP contribution in [0.5, 0.6) is 5.75 Å². The van der Waals surface area contributed by atoms with Crippen LogP contribution in [0.4, 0.5) is 16.2 Å². The van der Waals surface area contributed by atoms with Gasteiger partial charge in [-0.3, -0.25) is 0 Å². The molecule has 1 aliphatic heterocycles. The predicted molar refractivity (Wildman–Crippen MR) is 125 cm³/mol. The van der Waals surface area contributed by atoms with E-state index in [0.717, 1.165) is 26.9 Å². The molecule has 0 spiro atoms. The highest BCUT2D eigenvalue weighted by atomic mass is 79.9. The maximum Gasteiger partial charge on any atom is 0.323 e. The molecule has 3 aromatic rings. The summed E-state index contributed by atoms with van der Waals surface area (Å²) < 4.78 is 7.01. The molecule has 0 saturated carbocycles. The summed E-state index contributed by atoms with van der Waals surface area (Å²) in [6.45, 7) is 4.55. The Labute approximate surface area is 185 Å². The molecule has 1 heterocycles. The van der Waals surface area contributed by atoms with Gasteiger partial charge in [0.15, 0.2) is 0 Å². The Kier molecular flexibility index (Phi) is 5.91. The van der Waals surface area contributed by atoms with Gasteiger partial charge in [0.05, 0.1) is 5.69 Å². The molecule has 152 valence electrons. The lowest BCUT2D eigenvalue weighted by Crippen LogP contribution is -2.20. The number of rotatable bonds is 3. The average molecular weight is 463 g/mol. The third-order valence-corrected chi connectivity index (χ3v) is 5.49. The van der Waals surface area contributed by atoms with E-state index >= 15 is 0 Å². The van der Waals surface area contributed by atoms with Crippen molar-refractivity contribution in [1.82, 2.24) is 0 Å². The minimum absolute atomic E-state index is 0.0434. The van der Waals surface area contributed by atoms with Crippen LogP contribution in [0.1, 0.15) is 29.5 Å². The Morgan fingerprint density at radius 1 is 1.00 bits per heavy atom. The van der Waals surface area contributed by atoms with Crippen molar-refractivity contribution in [3.63, 3.8) is 0 Å². The van der Waals surface area contributed by atoms with Crippen molar-refractivity contribution in [3.8, 4) is 5.75 Å². The second-order valence-corrected chi connectivity index (χ2v) is 8.42. The van der Waals surface area contributed by atoms with Gasteiger partial charge < -0.3 is 15.4 Å². The third-order valence-electron chi connectivity index (χ3n) is 5.03. The highest BCUT2D eigenvalue weighted by molar-refractivity contribution is 9.10. The number of halogens is 1. The molecule has 0 unspecified atom stereocenters. The van der Waals surface area contributed by atoms with Gasteiger partial charge in [-0.05, 0) is 49.2 Å². The van der Waals surface area contributed by atoms with E-state index in [2.05, 4.69) is 57.8 Å². The molecule has 5 heteroatoms. The number of carbonyl (C=O) groups excluding carboxylic acids is 1. The van der Waals surface area contributed by atoms with Gasteiger partial charge in [-0.1, -0.05) is 70.0 Å². The van der Waals surface area contributed by atoms with Crippen molar-refractivity contribution in [2.24, 2.45) is 0 Å². The first-order valence-corrected chi connectivity index (χ1v) is 10.6. The molecular formula is C25H23BrN2O2. The number of fused-ring (bicyclic) bond motifs is 1. The molecule has 0 radical (unpaired) electrons. The Hall–Kier alpha value is -3.05. The van der Waals surface area contributed by atoms with E-state index in [0.29, 0.717) is 18.0 Å². The Balaban J connectivity index is 1.67. The van der Waals surface area contributed by atoms with E-state index in [1.165, 1.54) is 5.56 Å². The van der Waals surface area contributed by atoms with Crippen LogP contribution in [0.2, 0.25) is 0 Å². The molecule has 1 aliphatic rings. The van der Waals surface area contributed by atoms with Gasteiger partial charge in [0.1, 0.15) is 12.4 Å². The standard InChI is InChI=1S/C25H23BrN2O2/c1-16-8-10-20(11-9-16)27-25(29)28-23-14-19(26)13-22-21(18-6-4-3-5-7-18)12-17(2)15-30-24(22)23/h3-14,21H,15H2,1-2H3,(H2,27,28,29)/t21-/m0/s1. The molecular weight excluding hydrogens is 440 g/mol. The fourth-order valence-corrected chi connectivity index (χ4v) is 4.04. The van der Waals surface area contributed by atoms with E-state index in [9.17, 15) is 4.79 Å². The number of urea groups is 1. The molecule has 1 atom stereocenters. The number of anilines is 2. The summed E-state index contributed by atoms with van der Waals surface area (Å²) in [6.07, 6.45) is 2.23. The van der Waals surface area contributed by atoms with Gasteiger partial charge in [0.25, 0.3) is 0 Å². The van der Waals surface area contributed by atoms with Crippen molar-refractivity contribution in [1.29, 1.82) is 0 Å². The molecule has 4 nitrogen and oxygen atoms in total. The number of hydrogen-bond donors (Lipinski definition) is 2. The molecule has 3 aromatic carbocycles. The van der Waals surface area contributed by atoms with E-state index in [4.69, 9.17) is 4.74 Å². The fourth-order valence-electron chi connectivity index (χ4n) is 3.57. The highest BCUT2D eigenvalue weighted by Gasteiger charge is 2.24. The lowest BCUT2D eigenvalue weighted by molar-refractivity contribution is 0.262. The SMILES string of the molecule is CC1=C[C@@H](c2ccccc2)c2cc(Br)cc(NC(=O)Nc3ccc(C)cc3)c2OC1. The van der Waals surface area contributed by atoms with Crippen LogP contribution in [-0.2, 0) is 0 Å². The Bertz CT molecular complexity index is 1090. The quantitative estimate of drug-likeness (QED) is 0.417. The molecule has 0 fully saturated rings. The fraction of sp³-hybridized carbons (Fsp3) is 0.160. The van der Waals surface area contributed by atoms with Crippen LogP contribution >= 0.6 is 15.9 Å². The maximum atomic E-state index is 12.7. The molecule has 0 aromatic heterocycles. The lowest BCUT2D eigenvalue weighted by Gasteiger charge is -2.20. The van der Waals surface area contributed by atoms with Crippen LogP contribution in [0.15, 0.2) is 82.9 Å². The number of ether oxygens (including phenoxy) is 1. The molecule has 2 N–H and O–H groups in total. The van der Waals surface area contributed by atoms with Crippen molar-refractivity contribution in [3.05, 3.63) is 99.5 Å². The minimum Gasteiger partial charge on any atom is -0.487 e. The lowest BCUT2D eigenvalue weighted by atomic mass is 9.89. The smallest absolute Gasteiger partial charge is 0.323 e. The van der Waals surface area contributed by atoms with Crippen molar-refractivity contribution in [2.75, 3.05) is 17.2 Å².